The van der Waals surface area contributed by atoms with E-state index in [1.165, 1.54) is 6.92 Å². The average Bonchev–Trinajstić information content (AvgIpc) is 2.26. The molecule has 0 N–H and O–H groups in total. The molecule has 0 saturated carbocycles. The zero-order chi connectivity index (χ0) is 14.2. The molecule has 6 nitrogen and oxygen atoms in total. The van der Waals surface area contributed by atoms with Gasteiger partial charge in [-0.05, 0) is 27.7 Å². The molecule has 0 radical (unpaired) electrons. The van der Waals surface area contributed by atoms with Gasteiger partial charge in [0.15, 0.2) is 0 Å². The number of rotatable bonds is 9. The second-order valence-electron chi connectivity index (χ2n) is 3.51. The number of ketones is 1. The molecule has 0 heterocycles. The van der Waals surface area contributed by atoms with Crippen LogP contribution in [0, 0.1) is 0 Å². The number of hydrogen-bond donors (Lipinski definition) is 0. The Bertz CT molecular complexity index is 317. The van der Waals surface area contributed by atoms with E-state index in [0.29, 0.717) is 0 Å². The number of carbonyl (C=O) groups is 2. The lowest BCUT2D eigenvalue weighted by molar-refractivity contribution is -0.144. The summed E-state index contributed by atoms with van der Waals surface area (Å²) >= 11 is 0. The van der Waals surface area contributed by atoms with Crippen LogP contribution >= 0.6 is 7.60 Å². The Kier molecular flexibility index (Phi) is 8.07. The van der Waals surface area contributed by atoms with Gasteiger partial charge in [-0.2, -0.15) is 0 Å². The highest BCUT2D eigenvalue weighted by molar-refractivity contribution is 7.55. The van der Waals surface area contributed by atoms with Crippen LogP contribution in [0.3, 0.4) is 0 Å². The van der Waals surface area contributed by atoms with Crippen molar-refractivity contribution in [2.24, 2.45) is 0 Å². The van der Waals surface area contributed by atoms with Gasteiger partial charge in [0.05, 0.1) is 26.2 Å². The summed E-state index contributed by atoms with van der Waals surface area (Å²) in [5.41, 5.74) is -1.10. The van der Waals surface area contributed by atoms with Crippen LogP contribution in [0.5, 0.6) is 0 Å². The van der Waals surface area contributed by atoms with Gasteiger partial charge in [-0.25, -0.2) is 0 Å². The van der Waals surface area contributed by atoms with Crippen molar-refractivity contribution in [1.29, 1.82) is 0 Å². The Balaban J connectivity index is 4.98. The summed E-state index contributed by atoms with van der Waals surface area (Å²) in [6.45, 7) is 6.70. The predicted octanol–water partition coefficient (Wildman–Crippen LogP) is 2.16. The molecule has 1 atom stereocenters. The third kappa shape index (κ3) is 5.29. The van der Waals surface area contributed by atoms with Crippen LogP contribution in [0.1, 0.15) is 34.1 Å². The minimum atomic E-state index is -3.61. The average molecular weight is 280 g/mol. The SMILES string of the molecule is CCOC(=O)CC(C(C)=O)P(=O)(OCC)OCC. The van der Waals surface area contributed by atoms with Gasteiger partial charge in [-0.3, -0.25) is 14.2 Å². The van der Waals surface area contributed by atoms with Gasteiger partial charge in [0, 0.05) is 0 Å². The first-order valence-corrected chi connectivity index (χ1v) is 7.57. The fourth-order valence-corrected chi connectivity index (χ4v) is 3.41. The number of esters is 1. The van der Waals surface area contributed by atoms with E-state index >= 15 is 0 Å². The smallest absolute Gasteiger partial charge is 0.341 e. The minimum Gasteiger partial charge on any atom is -0.466 e. The normalized spacial score (nSPS) is 13.1. The monoisotopic (exact) mass is 280 g/mol. The van der Waals surface area contributed by atoms with Gasteiger partial charge in [0.1, 0.15) is 11.4 Å². The van der Waals surface area contributed by atoms with E-state index in [1.54, 1.807) is 20.8 Å². The largest absolute Gasteiger partial charge is 0.466 e. The lowest BCUT2D eigenvalue weighted by atomic mass is 10.2. The lowest BCUT2D eigenvalue weighted by Gasteiger charge is -2.23. The molecule has 18 heavy (non-hydrogen) atoms. The summed E-state index contributed by atoms with van der Waals surface area (Å²) in [6.07, 6.45) is -0.291. The standard InChI is InChI=1S/C11H21O6P/c1-5-15-11(13)8-10(9(4)12)18(14,16-6-2)17-7-3/h10H,5-8H2,1-4H3. The van der Waals surface area contributed by atoms with E-state index in [2.05, 4.69) is 0 Å². The fourth-order valence-electron chi connectivity index (χ4n) is 1.43. The predicted molar refractivity (Wildman–Crippen MR) is 66.6 cm³/mol. The molecule has 1 unspecified atom stereocenters. The van der Waals surface area contributed by atoms with Crippen molar-refractivity contribution < 1.29 is 27.9 Å². The zero-order valence-corrected chi connectivity index (χ0v) is 12.2. The van der Waals surface area contributed by atoms with Crippen LogP contribution in [-0.4, -0.2) is 37.2 Å². The second kappa shape index (κ2) is 8.40. The Hall–Kier alpha value is -0.710. The quantitative estimate of drug-likeness (QED) is 0.475. The highest BCUT2D eigenvalue weighted by Crippen LogP contribution is 2.54. The van der Waals surface area contributed by atoms with E-state index in [-0.39, 0.29) is 26.2 Å². The first-order chi connectivity index (χ1) is 8.41. The number of ether oxygens (including phenoxy) is 1. The fraction of sp³-hybridized carbons (Fsp3) is 0.818. The van der Waals surface area contributed by atoms with Crippen LogP contribution in [-0.2, 0) is 27.9 Å². The number of hydrogen-bond acceptors (Lipinski definition) is 6. The van der Waals surface area contributed by atoms with Gasteiger partial charge < -0.3 is 13.8 Å². The van der Waals surface area contributed by atoms with Crippen LogP contribution in [0.25, 0.3) is 0 Å². The molecule has 0 saturated heterocycles. The summed E-state index contributed by atoms with van der Waals surface area (Å²) in [6, 6.07) is 0. The van der Waals surface area contributed by atoms with Crippen molar-refractivity contribution >= 4 is 19.3 Å². The maximum atomic E-state index is 12.4. The molecule has 0 aromatic heterocycles. The maximum Gasteiger partial charge on any atom is 0.341 e. The summed E-state index contributed by atoms with van der Waals surface area (Å²) in [5.74, 6) is -0.995. The maximum absolute atomic E-state index is 12.4. The Labute approximate surface area is 108 Å². The highest BCUT2D eigenvalue weighted by Gasteiger charge is 2.40. The number of Topliss-reactive ketones (excluding diaryl/α,β-unsaturated/α-hetero) is 1. The molecule has 0 aliphatic heterocycles. The molecule has 0 aliphatic carbocycles. The third-order valence-corrected chi connectivity index (χ3v) is 4.68. The van der Waals surface area contributed by atoms with E-state index in [0.717, 1.165) is 0 Å². The highest BCUT2D eigenvalue weighted by atomic mass is 31.2. The van der Waals surface area contributed by atoms with Gasteiger partial charge in [0.2, 0.25) is 0 Å². The molecular formula is C11H21O6P. The molecule has 0 bridgehead atoms. The molecular weight excluding hydrogens is 259 g/mol. The lowest BCUT2D eigenvalue weighted by Crippen LogP contribution is -2.25. The molecule has 0 amide bonds. The molecule has 0 spiro atoms. The van der Waals surface area contributed by atoms with Gasteiger partial charge in [-0.15, -0.1) is 0 Å². The van der Waals surface area contributed by atoms with E-state index in [1.807, 2.05) is 0 Å². The topological polar surface area (TPSA) is 78.9 Å². The Morgan fingerprint density at radius 3 is 1.89 bits per heavy atom. The molecule has 7 heteroatoms. The van der Waals surface area contributed by atoms with E-state index in [9.17, 15) is 14.2 Å². The first-order valence-electron chi connectivity index (χ1n) is 5.96. The van der Waals surface area contributed by atoms with Crippen molar-refractivity contribution in [3.8, 4) is 0 Å². The summed E-state index contributed by atoms with van der Waals surface area (Å²) in [4.78, 5) is 22.9. The zero-order valence-electron chi connectivity index (χ0n) is 11.3. The van der Waals surface area contributed by atoms with Gasteiger partial charge in [0.25, 0.3) is 0 Å². The van der Waals surface area contributed by atoms with E-state index < -0.39 is 25.0 Å². The minimum absolute atomic E-state index is 0.143. The molecule has 0 aromatic carbocycles. The van der Waals surface area contributed by atoms with Crippen LogP contribution < -0.4 is 0 Å². The second-order valence-corrected chi connectivity index (χ2v) is 5.73. The number of carbonyl (C=O) groups excluding carboxylic acids is 2. The summed E-state index contributed by atoms with van der Waals surface area (Å²) in [7, 11) is -3.61. The van der Waals surface area contributed by atoms with Crippen LogP contribution in [0.15, 0.2) is 0 Å². The molecule has 0 fully saturated rings. The first kappa shape index (κ1) is 17.3. The van der Waals surface area contributed by atoms with Crippen molar-refractivity contribution in [3.63, 3.8) is 0 Å². The van der Waals surface area contributed by atoms with Crippen LogP contribution in [0.2, 0.25) is 0 Å². The Morgan fingerprint density at radius 2 is 1.56 bits per heavy atom. The van der Waals surface area contributed by atoms with Crippen molar-refractivity contribution in [2.75, 3.05) is 19.8 Å². The van der Waals surface area contributed by atoms with Crippen LogP contribution in [0.4, 0.5) is 0 Å². The molecule has 0 aromatic rings. The molecule has 106 valence electrons. The van der Waals surface area contributed by atoms with Gasteiger partial charge >= 0.3 is 13.6 Å². The summed E-state index contributed by atoms with van der Waals surface area (Å²) < 4.78 is 27.3. The Morgan fingerprint density at radius 1 is 1.06 bits per heavy atom. The van der Waals surface area contributed by atoms with Gasteiger partial charge in [-0.1, -0.05) is 0 Å². The van der Waals surface area contributed by atoms with Crippen molar-refractivity contribution in [1.82, 2.24) is 0 Å². The van der Waals surface area contributed by atoms with Crippen molar-refractivity contribution in [2.45, 2.75) is 39.8 Å². The van der Waals surface area contributed by atoms with Crippen molar-refractivity contribution in [3.05, 3.63) is 0 Å². The molecule has 0 rings (SSSR count). The van der Waals surface area contributed by atoms with E-state index in [4.69, 9.17) is 13.8 Å². The third-order valence-electron chi connectivity index (χ3n) is 2.13. The summed E-state index contributed by atoms with van der Waals surface area (Å²) in [5, 5.41) is 0. The molecule has 0 aliphatic rings.